The number of hydrogen-bond acceptors (Lipinski definition) is 2. The van der Waals surface area contributed by atoms with Crippen LogP contribution in [0.3, 0.4) is 0 Å². The lowest BCUT2D eigenvalue weighted by Gasteiger charge is -2.19. The average molecular weight is 331 g/mol. The summed E-state index contributed by atoms with van der Waals surface area (Å²) in [4.78, 5) is 14.6. The molecule has 0 atom stereocenters. The SMILES string of the molecule is CN(Cc1ccccc1)C(=O)c1ccccc1COc1ccccc1. The van der Waals surface area contributed by atoms with E-state index in [0.29, 0.717) is 18.7 Å². The topological polar surface area (TPSA) is 29.5 Å². The van der Waals surface area contributed by atoms with E-state index in [1.165, 1.54) is 0 Å². The quantitative estimate of drug-likeness (QED) is 0.664. The van der Waals surface area contributed by atoms with Crippen LogP contribution in [0, 0.1) is 0 Å². The van der Waals surface area contributed by atoms with Gasteiger partial charge in [0.25, 0.3) is 5.91 Å². The molecule has 0 saturated heterocycles. The van der Waals surface area contributed by atoms with Crippen LogP contribution in [0.2, 0.25) is 0 Å². The summed E-state index contributed by atoms with van der Waals surface area (Å²) in [7, 11) is 1.82. The summed E-state index contributed by atoms with van der Waals surface area (Å²) in [6.07, 6.45) is 0. The van der Waals surface area contributed by atoms with Crippen molar-refractivity contribution in [3.05, 3.63) is 102 Å². The number of hydrogen-bond donors (Lipinski definition) is 0. The number of ether oxygens (including phenoxy) is 1. The average Bonchev–Trinajstić information content (AvgIpc) is 2.67. The fourth-order valence-corrected chi connectivity index (χ4v) is 2.67. The largest absolute Gasteiger partial charge is 0.489 e. The second-order valence-electron chi connectivity index (χ2n) is 5.91. The Bertz CT molecular complexity index is 816. The first-order valence-corrected chi connectivity index (χ1v) is 8.29. The summed E-state index contributed by atoms with van der Waals surface area (Å²) in [5.74, 6) is 0.790. The zero-order valence-electron chi connectivity index (χ0n) is 14.3. The molecule has 3 aromatic rings. The molecule has 0 N–H and O–H groups in total. The highest BCUT2D eigenvalue weighted by Crippen LogP contribution is 2.17. The van der Waals surface area contributed by atoms with E-state index in [1.807, 2.05) is 92.0 Å². The van der Waals surface area contributed by atoms with Crippen molar-refractivity contribution in [1.82, 2.24) is 4.90 Å². The van der Waals surface area contributed by atoms with Gasteiger partial charge in [-0.15, -0.1) is 0 Å². The first-order valence-electron chi connectivity index (χ1n) is 8.29. The van der Waals surface area contributed by atoms with Crippen LogP contribution >= 0.6 is 0 Å². The van der Waals surface area contributed by atoms with Crippen molar-refractivity contribution in [2.75, 3.05) is 7.05 Å². The van der Waals surface area contributed by atoms with Gasteiger partial charge < -0.3 is 9.64 Å². The maximum absolute atomic E-state index is 12.9. The number of benzene rings is 3. The van der Waals surface area contributed by atoms with E-state index in [2.05, 4.69) is 0 Å². The number of carbonyl (C=O) groups excluding carboxylic acids is 1. The molecular formula is C22H21NO2. The highest BCUT2D eigenvalue weighted by atomic mass is 16.5. The van der Waals surface area contributed by atoms with Crippen molar-refractivity contribution in [3.8, 4) is 5.75 Å². The Hall–Kier alpha value is -3.07. The van der Waals surface area contributed by atoms with Crippen LogP contribution in [0.5, 0.6) is 5.75 Å². The maximum Gasteiger partial charge on any atom is 0.254 e. The van der Waals surface area contributed by atoms with Crippen molar-refractivity contribution >= 4 is 5.91 Å². The first-order chi connectivity index (χ1) is 12.2. The van der Waals surface area contributed by atoms with Gasteiger partial charge in [0.1, 0.15) is 12.4 Å². The molecule has 0 aromatic heterocycles. The van der Waals surface area contributed by atoms with Gasteiger partial charge in [0.2, 0.25) is 0 Å². The summed E-state index contributed by atoms with van der Waals surface area (Å²) in [5.41, 5.74) is 2.67. The molecule has 0 radical (unpaired) electrons. The second-order valence-corrected chi connectivity index (χ2v) is 5.91. The fraction of sp³-hybridized carbons (Fsp3) is 0.136. The Labute approximate surface area is 148 Å². The number of para-hydroxylation sites is 1. The monoisotopic (exact) mass is 331 g/mol. The van der Waals surface area contributed by atoms with E-state index in [-0.39, 0.29) is 5.91 Å². The predicted octanol–water partition coefficient (Wildman–Crippen LogP) is 4.54. The Morgan fingerprint density at radius 3 is 2.16 bits per heavy atom. The third kappa shape index (κ3) is 4.48. The van der Waals surface area contributed by atoms with Gasteiger partial charge in [-0.1, -0.05) is 66.7 Å². The van der Waals surface area contributed by atoms with Gasteiger partial charge in [0, 0.05) is 24.7 Å². The molecular weight excluding hydrogens is 310 g/mol. The van der Waals surface area contributed by atoms with Crippen molar-refractivity contribution in [1.29, 1.82) is 0 Å². The molecule has 0 saturated carbocycles. The van der Waals surface area contributed by atoms with Crippen LogP contribution in [0.15, 0.2) is 84.9 Å². The lowest BCUT2D eigenvalue weighted by atomic mass is 10.1. The Morgan fingerprint density at radius 1 is 0.840 bits per heavy atom. The molecule has 0 aliphatic carbocycles. The van der Waals surface area contributed by atoms with E-state index in [0.717, 1.165) is 16.9 Å². The third-order valence-corrected chi connectivity index (χ3v) is 3.99. The Kier molecular flexibility index (Phi) is 5.47. The lowest BCUT2D eigenvalue weighted by molar-refractivity contribution is 0.0782. The fourth-order valence-electron chi connectivity index (χ4n) is 2.67. The van der Waals surface area contributed by atoms with Crippen molar-refractivity contribution < 1.29 is 9.53 Å². The van der Waals surface area contributed by atoms with Crippen LogP contribution in [0.25, 0.3) is 0 Å². The zero-order valence-corrected chi connectivity index (χ0v) is 14.3. The molecule has 3 nitrogen and oxygen atoms in total. The first kappa shape index (κ1) is 16.8. The van der Waals surface area contributed by atoms with E-state index < -0.39 is 0 Å². The Morgan fingerprint density at radius 2 is 1.44 bits per heavy atom. The lowest BCUT2D eigenvalue weighted by Crippen LogP contribution is -2.27. The smallest absolute Gasteiger partial charge is 0.254 e. The van der Waals surface area contributed by atoms with Crippen LogP contribution in [-0.4, -0.2) is 17.9 Å². The van der Waals surface area contributed by atoms with Gasteiger partial charge in [-0.3, -0.25) is 4.79 Å². The number of amides is 1. The molecule has 3 aromatic carbocycles. The van der Waals surface area contributed by atoms with Crippen molar-refractivity contribution in [3.63, 3.8) is 0 Å². The Balaban J connectivity index is 1.72. The van der Waals surface area contributed by atoms with Gasteiger partial charge in [0.05, 0.1) is 0 Å². The van der Waals surface area contributed by atoms with E-state index in [4.69, 9.17) is 4.74 Å². The molecule has 0 unspecified atom stereocenters. The van der Waals surface area contributed by atoms with E-state index in [9.17, 15) is 4.79 Å². The highest BCUT2D eigenvalue weighted by molar-refractivity contribution is 5.95. The summed E-state index contributed by atoms with van der Waals surface area (Å²) in [5, 5.41) is 0. The minimum atomic E-state index is -0.00360. The summed E-state index contributed by atoms with van der Waals surface area (Å²) in [6.45, 7) is 0.943. The van der Waals surface area contributed by atoms with Crippen molar-refractivity contribution in [2.24, 2.45) is 0 Å². The van der Waals surface area contributed by atoms with Gasteiger partial charge in [-0.25, -0.2) is 0 Å². The van der Waals surface area contributed by atoms with Crippen LogP contribution < -0.4 is 4.74 Å². The van der Waals surface area contributed by atoms with E-state index in [1.54, 1.807) is 4.90 Å². The number of nitrogens with zero attached hydrogens (tertiary/aromatic N) is 1. The molecule has 1 amide bonds. The van der Waals surface area contributed by atoms with Crippen LogP contribution in [-0.2, 0) is 13.2 Å². The molecule has 0 fully saturated rings. The number of carbonyl (C=O) groups is 1. The summed E-state index contributed by atoms with van der Waals surface area (Å²) >= 11 is 0. The molecule has 25 heavy (non-hydrogen) atoms. The minimum absolute atomic E-state index is 0.00360. The predicted molar refractivity (Wildman–Crippen MR) is 99.5 cm³/mol. The van der Waals surface area contributed by atoms with E-state index >= 15 is 0 Å². The highest BCUT2D eigenvalue weighted by Gasteiger charge is 2.16. The van der Waals surface area contributed by atoms with Crippen LogP contribution in [0.4, 0.5) is 0 Å². The molecule has 3 heteroatoms. The summed E-state index contributed by atoms with van der Waals surface area (Å²) in [6, 6.07) is 27.2. The molecule has 0 spiro atoms. The normalized spacial score (nSPS) is 10.3. The maximum atomic E-state index is 12.9. The molecule has 0 aliphatic heterocycles. The van der Waals surface area contributed by atoms with Gasteiger partial charge >= 0.3 is 0 Å². The van der Waals surface area contributed by atoms with Gasteiger partial charge in [0.15, 0.2) is 0 Å². The van der Waals surface area contributed by atoms with Gasteiger partial charge in [-0.05, 0) is 23.8 Å². The minimum Gasteiger partial charge on any atom is -0.489 e. The van der Waals surface area contributed by atoms with Crippen molar-refractivity contribution in [2.45, 2.75) is 13.2 Å². The van der Waals surface area contributed by atoms with Crippen LogP contribution in [0.1, 0.15) is 21.5 Å². The summed E-state index contributed by atoms with van der Waals surface area (Å²) < 4.78 is 5.81. The molecule has 3 rings (SSSR count). The molecule has 0 heterocycles. The number of rotatable bonds is 6. The molecule has 0 aliphatic rings. The second kappa shape index (κ2) is 8.15. The zero-order chi connectivity index (χ0) is 17.5. The van der Waals surface area contributed by atoms with Gasteiger partial charge in [-0.2, -0.15) is 0 Å². The molecule has 126 valence electrons. The molecule has 0 bridgehead atoms. The standard InChI is InChI=1S/C22H21NO2/c1-23(16-18-10-4-2-5-11-18)22(24)21-15-9-8-12-19(21)17-25-20-13-6-3-7-14-20/h2-15H,16-17H2,1H3. The third-order valence-electron chi connectivity index (χ3n) is 3.99.